The van der Waals surface area contributed by atoms with Gasteiger partial charge in [-0.05, 0) is 37.0 Å². The molecule has 14 nitrogen and oxygen atoms in total. The molecule has 42 heavy (non-hydrogen) atoms. The van der Waals surface area contributed by atoms with Gasteiger partial charge in [0.2, 0.25) is 5.79 Å². The smallest absolute Gasteiger partial charge is 0.269 e. The van der Waals surface area contributed by atoms with Crippen molar-refractivity contribution in [2.75, 3.05) is 19.7 Å². The summed E-state index contributed by atoms with van der Waals surface area (Å²) in [5.74, 6) is -3.51. The summed E-state index contributed by atoms with van der Waals surface area (Å²) in [6.45, 7) is 6.23. The Kier molecular flexibility index (Phi) is 6.31. The van der Waals surface area contributed by atoms with Crippen molar-refractivity contribution < 1.29 is 24.5 Å². The molecule has 0 bridgehead atoms. The van der Waals surface area contributed by atoms with E-state index in [-0.39, 0.29) is 41.7 Å². The molecule has 2 amide bonds. The summed E-state index contributed by atoms with van der Waals surface area (Å²) in [5.41, 5.74) is 0.0904. The van der Waals surface area contributed by atoms with Crippen LogP contribution in [0.2, 0.25) is 0 Å². The van der Waals surface area contributed by atoms with E-state index in [9.17, 15) is 19.8 Å². The Labute approximate surface area is 242 Å². The summed E-state index contributed by atoms with van der Waals surface area (Å²) in [7, 11) is 0. The van der Waals surface area contributed by atoms with Crippen molar-refractivity contribution in [3.8, 4) is 5.75 Å². The third-order valence-corrected chi connectivity index (χ3v) is 8.77. The number of fused-ring (bicyclic) bond motifs is 1. The van der Waals surface area contributed by atoms with Crippen LogP contribution in [-0.4, -0.2) is 93.1 Å². The average Bonchev–Trinajstić information content (AvgIpc) is 3.40. The first kappa shape index (κ1) is 27.7. The first-order chi connectivity index (χ1) is 19.8. The normalized spacial score (nSPS) is 28.2. The van der Waals surface area contributed by atoms with Crippen molar-refractivity contribution in [3.05, 3.63) is 58.9 Å². The van der Waals surface area contributed by atoms with Crippen LogP contribution in [-0.2, 0) is 5.41 Å². The third kappa shape index (κ3) is 4.12. The molecule has 0 aliphatic carbocycles. The summed E-state index contributed by atoms with van der Waals surface area (Å²) in [5, 5.41) is 54.7. The topological polar surface area (TPSA) is 208 Å². The molecule has 0 saturated carbocycles. The maximum absolute atomic E-state index is 13.6. The highest BCUT2D eigenvalue weighted by Gasteiger charge is 2.74. The SMILES string of the molecule is Cc1cccc(C(=O)NC[C@@H]2NC(=N)N3C[C@H](NC(=O)c4cccc5c4OCCC5(C)C)C(O)(O)[C@@]34NC(=N)N[C@@H]24)n1. The highest BCUT2D eigenvalue weighted by Crippen LogP contribution is 2.44. The van der Waals surface area contributed by atoms with Gasteiger partial charge >= 0.3 is 0 Å². The largest absolute Gasteiger partial charge is 0.492 e. The number of ether oxygens (including phenoxy) is 1. The minimum Gasteiger partial charge on any atom is -0.492 e. The van der Waals surface area contributed by atoms with E-state index in [1.807, 2.05) is 6.07 Å². The molecule has 3 fully saturated rings. The molecule has 4 aliphatic rings. The molecule has 1 aromatic heterocycles. The van der Waals surface area contributed by atoms with Gasteiger partial charge in [0.15, 0.2) is 17.6 Å². The van der Waals surface area contributed by atoms with E-state index in [0.717, 1.165) is 12.0 Å². The minimum absolute atomic E-state index is 0.0184. The second-order valence-corrected chi connectivity index (χ2v) is 11.9. The summed E-state index contributed by atoms with van der Waals surface area (Å²) in [6, 6.07) is 7.52. The second-order valence-electron chi connectivity index (χ2n) is 11.9. The number of aromatic nitrogens is 1. The zero-order valence-corrected chi connectivity index (χ0v) is 23.5. The molecule has 3 saturated heterocycles. The first-order valence-electron chi connectivity index (χ1n) is 13.8. The lowest BCUT2D eigenvalue weighted by molar-refractivity contribution is -0.232. The molecule has 0 radical (unpaired) electrons. The van der Waals surface area contributed by atoms with E-state index in [0.29, 0.717) is 18.1 Å². The van der Waals surface area contributed by atoms with Crippen LogP contribution >= 0.6 is 0 Å². The van der Waals surface area contributed by atoms with E-state index < -0.39 is 41.4 Å². The predicted octanol–water partition coefficient (Wildman–Crippen LogP) is -0.926. The zero-order chi connectivity index (χ0) is 30.0. The van der Waals surface area contributed by atoms with Crippen molar-refractivity contribution in [3.63, 3.8) is 0 Å². The molecule has 222 valence electrons. The van der Waals surface area contributed by atoms with Gasteiger partial charge in [-0.3, -0.25) is 20.4 Å². The molecule has 1 spiro atoms. The van der Waals surface area contributed by atoms with Crippen molar-refractivity contribution >= 4 is 23.7 Å². The molecule has 0 unspecified atom stereocenters. The molecule has 1 aromatic carbocycles. The number of benzene rings is 1. The van der Waals surface area contributed by atoms with Gasteiger partial charge in [0.25, 0.3) is 11.8 Å². The maximum atomic E-state index is 13.6. The van der Waals surface area contributed by atoms with Crippen molar-refractivity contribution in [1.82, 2.24) is 36.5 Å². The van der Waals surface area contributed by atoms with Gasteiger partial charge in [0.05, 0.1) is 24.3 Å². The van der Waals surface area contributed by atoms with Crippen molar-refractivity contribution in [2.45, 2.75) is 62.2 Å². The van der Waals surface area contributed by atoms with Crippen LogP contribution in [0.15, 0.2) is 36.4 Å². The van der Waals surface area contributed by atoms with Crippen LogP contribution in [0.5, 0.6) is 5.75 Å². The van der Waals surface area contributed by atoms with Crippen LogP contribution in [0.25, 0.3) is 0 Å². The number of carbonyl (C=O) groups is 2. The van der Waals surface area contributed by atoms with Gasteiger partial charge in [-0.25, -0.2) is 4.98 Å². The van der Waals surface area contributed by atoms with E-state index in [2.05, 4.69) is 45.4 Å². The van der Waals surface area contributed by atoms with Gasteiger partial charge < -0.3 is 46.4 Å². The number of carbonyl (C=O) groups excluding carboxylic acids is 2. The number of aryl methyl sites for hydroxylation is 1. The fourth-order valence-corrected chi connectivity index (χ4v) is 6.50. The first-order valence-corrected chi connectivity index (χ1v) is 13.8. The van der Waals surface area contributed by atoms with Crippen LogP contribution in [0.1, 0.15) is 52.4 Å². The molecule has 14 heteroatoms. The molecule has 9 N–H and O–H groups in total. The highest BCUT2D eigenvalue weighted by atomic mass is 16.5. The number of pyridine rings is 1. The Bertz CT molecular complexity index is 1490. The van der Waals surface area contributed by atoms with E-state index >= 15 is 0 Å². The molecule has 4 aliphatic heterocycles. The Balaban J connectivity index is 1.26. The molecule has 4 atom stereocenters. The summed E-state index contributed by atoms with van der Waals surface area (Å²) < 4.78 is 5.89. The summed E-state index contributed by atoms with van der Waals surface area (Å²) >= 11 is 0. The van der Waals surface area contributed by atoms with Crippen molar-refractivity contribution in [2.24, 2.45) is 0 Å². The molecular weight excluding hydrogens is 542 g/mol. The number of aliphatic hydroxyl groups is 2. The van der Waals surface area contributed by atoms with Gasteiger partial charge in [-0.15, -0.1) is 0 Å². The lowest BCUT2D eigenvalue weighted by Crippen LogP contribution is -2.81. The summed E-state index contributed by atoms with van der Waals surface area (Å²) in [6.07, 6.45) is 0.797. The van der Waals surface area contributed by atoms with E-state index in [1.54, 1.807) is 37.3 Å². The summed E-state index contributed by atoms with van der Waals surface area (Å²) in [4.78, 5) is 32.0. The molecular formula is C28H35N9O5. The molecule has 2 aromatic rings. The Morgan fingerprint density at radius 1 is 1.14 bits per heavy atom. The number of hydrogen-bond donors (Lipinski definition) is 9. The van der Waals surface area contributed by atoms with Crippen molar-refractivity contribution in [1.29, 1.82) is 10.8 Å². The van der Waals surface area contributed by atoms with Gasteiger partial charge in [-0.1, -0.05) is 32.0 Å². The Morgan fingerprint density at radius 2 is 1.90 bits per heavy atom. The number of nitrogens with one attached hydrogen (secondary N) is 7. The number of amides is 2. The van der Waals surface area contributed by atoms with E-state index in [4.69, 9.17) is 15.6 Å². The fraction of sp³-hybridized carbons (Fsp3) is 0.464. The van der Waals surface area contributed by atoms with Crippen LogP contribution in [0, 0.1) is 17.7 Å². The third-order valence-electron chi connectivity index (χ3n) is 8.77. The zero-order valence-electron chi connectivity index (χ0n) is 23.5. The number of guanidine groups is 2. The minimum atomic E-state index is -2.65. The fourth-order valence-electron chi connectivity index (χ4n) is 6.50. The standard InChI is InChI=1S/C28H35N9O5/c1-14-6-4-9-17(32-14)23(39)31-12-18-21-27(36-24(29)35-21)28(40,41)19(13-37(27)25(30)33-18)34-22(38)15-7-5-8-16-20(15)42-11-10-26(16,2)3/h4-9,18-19,21,40-41H,10-13H2,1-3H3,(H2,30,33)(H,31,39)(H,34,38)(H3,29,35,36)/t18-,19-,21-,27-/m0/s1. The Hall–Kier alpha value is -4.43. The quantitative estimate of drug-likeness (QED) is 0.200. The van der Waals surface area contributed by atoms with Crippen LogP contribution in [0.4, 0.5) is 0 Å². The highest BCUT2D eigenvalue weighted by molar-refractivity contribution is 5.98. The van der Waals surface area contributed by atoms with Gasteiger partial charge in [0.1, 0.15) is 17.5 Å². The van der Waals surface area contributed by atoms with Crippen LogP contribution < -0.4 is 31.3 Å². The Morgan fingerprint density at radius 3 is 2.67 bits per heavy atom. The second kappa shape index (κ2) is 9.56. The molecule has 6 rings (SSSR count). The van der Waals surface area contributed by atoms with E-state index in [1.165, 1.54) is 4.90 Å². The monoisotopic (exact) mass is 577 g/mol. The molecule has 5 heterocycles. The maximum Gasteiger partial charge on any atom is 0.269 e. The van der Waals surface area contributed by atoms with Crippen LogP contribution in [0.3, 0.4) is 0 Å². The van der Waals surface area contributed by atoms with Gasteiger partial charge in [0, 0.05) is 24.3 Å². The lowest BCUT2D eigenvalue weighted by atomic mass is 9.79. The van der Waals surface area contributed by atoms with Gasteiger partial charge in [-0.2, -0.15) is 0 Å². The number of nitrogens with zero attached hydrogens (tertiary/aromatic N) is 2. The number of rotatable bonds is 5. The number of para-hydroxylation sites is 1. The average molecular weight is 578 g/mol. The lowest BCUT2D eigenvalue weighted by Gasteiger charge is -2.51. The number of hydrogen-bond acceptors (Lipinski definition) is 8. The predicted molar refractivity (Wildman–Crippen MR) is 151 cm³/mol.